The normalized spacial score (nSPS) is 11.4. The molecule has 1 unspecified atom stereocenters. The average molecular weight is 190 g/mol. The van der Waals surface area contributed by atoms with Crippen molar-refractivity contribution in [3.63, 3.8) is 0 Å². The van der Waals surface area contributed by atoms with Gasteiger partial charge < -0.3 is 10.3 Å². The van der Waals surface area contributed by atoms with Gasteiger partial charge in [0.05, 0.1) is 11.6 Å². The molecule has 4 heteroatoms. The molecular formula is C10H10N2O2. The second-order valence-corrected chi connectivity index (χ2v) is 2.80. The van der Waals surface area contributed by atoms with Crippen LogP contribution in [-0.4, -0.2) is 16.9 Å². The van der Waals surface area contributed by atoms with Crippen LogP contribution in [0.3, 0.4) is 0 Å². The number of carbonyl (C=O) groups excluding carboxylic acids is 1. The Kier molecular flexibility index (Phi) is 3.08. The van der Waals surface area contributed by atoms with Gasteiger partial charge in [-0.15, -0.1) is 6.42 Å². The van der Waals surface area contributed by atoms with Crippen molar-refractivity contribution in [1.29, 1.82) is 0 Å². The van der Waals surface area contributed by atoms with E-state index in [-0.39, 0.29) is 17.5 Å². The van der Waals surface area contributed by atoms with E-state index >= 15 is 0 Å². The first-order chi connectivity index (χ1) is 6.63. The standard InChI is InChI=1S/C10H10N2O2/c1-3-7(2)12-10(14)8-4-5-9(13)11-6-8/h1,4-7H,2H3,(H,11,13)(H,12,14). The number of terminal acetylenes is 1. The molecule has 1 rings (SSSR count). The second-order valence-electron chi connectivity index (χ2n) is 2.80. The van der Waals surface area contributed by atoms with E-state index in [0.717, 1.165) is 0 Å². The number of hydrogen-bond donors (Lipinski definition) is 2. The Morgan fingerprint density at radius 1 is 1.64 bits per heavy atom. The zero-order valence-corrected chi connectivity index (χ0v) is 7.70. The van der Waals surface area contributed by atoms with Crippen LogP contribution in [-0.2, 0) is 0 Å². The van der Waals surface area contributed by atoms with Crippen molar-refractivity contribution in [2.45, 2.75) is 13.0 Å². The predicted molar refractivity (Wildman–Crippen MR) is 52.8 cm³/mol. The molecule has 0 saturated carbocycles. The number of rotatable bonds is 2. The topological polar surface area (TPSA) is 62.0 Å². The van der Waals surface area contributed by atoms with Crippen molar-refractivity contribution in [3.8, 4) is 12.3 Å². The van der Waals surface area contributed by atoms with E-state index in [0.29, 0.717) is 5.56 Å². The first kappa shape index (κ1) is 10.1. The van der Waals surface area contributed by atoms with Crippen LogP contribution >= 0.6 is 0 Å². The van der Waals surface area contributed by atoms with Crippen molar-refractivity contribution in [3.05, 3.63) is 34.2 Å². The molecule has 0 fully saturated rings. The number of pyridine rings is 1. The molecule has 0 spiro atoms. The van der Waals surface area contributed by atoms with Crippen LogP contribution in [0.15, 0.2) is 23.1 Å². The van der Waals surface area contributed by atoms with Crippen molar-refractivity contribution in [2.75, 3.05) is 0 Å². The number of nitrogens with one attached hydrogen (secondary N) is 2. The molecule has 0 aliphatic carbocycles. The van der Waals surface area contributed by atoms with Gasteiger partial charge in [0.15, 0.2) is 0 Å². The first-order valence-corrected chi connectivity index (χ1v) is 4.09. The summed E-state index contributed by atoms with van der Waals surface area (Å²) in [7, 11) is 0. The molecule has 1 aromatic heterocycles. The molecule has 0 saturated heterocycles. The maximum absolute atomic E-state index is 11.4. The van der Waals surface area contributed by atoms with Gasteiger partial charge in [0.25, 0.3) is 5.91 Å². The van der Waals surface area contributed by atoms with Crippen molar-refractivity contribution in [2.24, 2.45) is 0 Å². The van der Waals surface area contributed by atoms with Crippen LogP contribution in [0.4, 0.5) is 0 Å². The van der Waals surface area contributed by atoms with E-state index in [1.807, 2.05) is 0 Å². The van der Waals surface area contributed by atoms with Crippen LogP contribution < -0.4 is 10.9 Å². The molecule has 0 radical (unpaired) electrons. The summed E-state index contributed by atoms with van der Waals surface area (Å²) in [5, 5.41) is 2.57. The summed E-state index contributed by atoms with van der Waals surface area (Å²) >= 11 is 0. The molecule has 14 heavy (non-hydrogen) atoms. The molecule has 0 aromatic carbocycles. The Bertz CT molecular complexity index is 408. The summed E-state index contributed by atoms with van der Waals surface area (Å²) in [6.07, 6.45) is 6.45. The molecule has 0 bridgehead atoms. The van der Waals surface area contributed by atoms with Crippen LogP contribution in [0.5, 0.6) is 0 Å². The maximum Gasteiger partial charge on any atom is 0.253 e. The van der Waals surface area contributed by atoms with Gasteiger partial charge in [0.1, 0.15) is 0 Å². The number of hydrogen-bond acceptors (Lipinski definition) is 2. The Morgan fingerprint density at radius 2 is 2.36 bits per heavy atom. The zero-order valence-electron chi connectivity index (χ0n) is 7.70. The van der Waals surface area contributed by atoms with E-state index in [1.54, 1.807) is 6.92 Å². The third kappa shape index (κ3) is 2.49. The van der Waals surface area contributed by atoms with E-state index in [4.69, 9.17) is 6.42 Å². The van der Waals surface area contributed by atoms with Gasteiger partial charge in [-0.3, -0.25) is 9.59 Å². The third-order valence-corrected chi connectivity index (χ3v) is 1.64. The SMILES string of the molecule is C#CC(C)NC(=O)c1ccc(=O)[nH]c1. The number of carbonyl (C=O) groups is 1. The van der Waals surface area contributed by atoms with Gasteiger partial charge in [-0.2, -0.15) is 0 Å². The summed E-state index contributed by atoms with van der Waals surface area (Å²) in [4.78, 5) is 24.5. The minimum absolute atomic E-state index is 0.244. The van der Waals surface area contributed by atoms with Crippen LogP contribution in [0.25, 0.3) is 0 Å². The highest BCUT2D eigenvalue weighted by Gasteiger charge is 2.06. The van der Waals surface area contributed by atoms with Crippen LogP contribution in [0, 0.1) is 12.3 Å². The molecule has 0 aliphatic heterocycles. The molecule has 2 N–H and O–H groups in total. The fourth-order valence-electron chi connectivity index (χ4n) is 0.873. The monoisotopic (exact) mass is 190 g/mol. The average Bonchev–Trinajstić information content (AvgIpc) is 2.18. The van der Waals surface area contributed by atoms with Crippen LogP contribution in [0.2, 0.25) is 0 Å². The number of amides is 1. The summed E-state index contributed by atoms with van der Waals surface area (Å²) in [6.45, 7) is 1.70. The Balaban J connectivity index is 2.76. The lowest BCUT2D eigenvalue weighted by Crippen LogP contribution is -2.31. The molecule has 1 atom stereocenters. The van der Waals surface area contributed by atoms with Crippen molar-refractivity contribution >= 4 is 5.91 Å². The van der Waals surface area contributed by atoms with E-state index in [2.05, 4.69) is 16.2 Å². The van der Waals surface area contributed by atoms with Gasteiger partial charge in [-0.1, -0.05) is 5.92 Å². The van der Waals surface area contributed by atoms with E-state index in [1.165, 1.54) is 18.3 Å². The number of aromatic nitrogens is 1. The minimum atomic E-state index is -0.325. The van der Waals surface area contributed by atoms with Gasteiger partial charge >= 0.3 is 0 Å². The van der Waals surface area contributed by atoms with Crippen molar-refractivity contribution in [1.82, 2.24) is 10.3 Å². The Hall–Kier alpha value is -2.02. The molecule has 1 heterocycles. The lowest BCUT2D eigenvalue weighted by molar-refractivity contribution is 0.0948. The Morgan fingerprint density at radius 3 is 2.86 bits per heavy atom. The summed E-state index contributed by atoms with van der Waals surface area (Å²) in [5.41, 5.74) is 0.137. The van der Waals surface area contributed by atoms with Gasteiger partial charge in [0.2, 0.25) is 5.56 Å². The number of aromatic amines is 1. The molecule has 1 amide bonds. The Labute approximate surface area is 81.3 Å². The molecular weight excluding hydrogens is 180 g/mol. The fourth-order valence-corrected chi connectivity index (χ4v) is 0.873. The third-order valence-electron chi connectivity index (χ3n) is 1.64. The largest absolute Gasteiger partial charge is 0.339 e. The zero-order chi connectivity index (χ0) is 10.6. The van der Waals surface area contributed by atoms with E-state index < -0.39 is 0 Å². The lowest BCUT2D eigenvalue weighted by atomic mass is 10.2. The summed E-state index contributed by atoms with van der Waals surface area (Å²) < 4.78 is 0. The van der Waals surface area contributed by atoms with Gasteiger partial charge in [0, 0.05) is 12.3 Å². The van der Waals surface area contributed by atoms with Crippen LogP contribution in [0.1, 0.15) is 17.3 Å². The maximum atomic E-state index is 11.4. The smallest absolute Gasteiger partial charge is 0.253 e. The highest BCUT2D eigenvalue weighted by molar-refractivity contribution is 5.94. The molecule has 4 nitrogen and oxygen atoms in total. The molecule has 1 aromatic rings. The second kappa shape index (κ2) is 4.28. The highest BCUT2D eigenvalue weighted by atomic mass is 16.1. The first-order valence-electron chi connectivity index (χ1n) is 4.09. The molecule has 72 valence electrons. The van der Waals surface area contributed by atoms with Gasteiger partial charge in [-0.05, 0) is 13.0 Å². The fraction of sp³-hybridized carbons (Fsp3) is 0.200. The number of H-pyrrole nitrogens is 1. The lowest BCUT2D eigenvalue weighted by Gasteiger charge is -2.06. The van der Waals surface area contributed by atoms with E-state index in [9.17, 15) is 9.59 Å². The van der Waals surface area contributed by atoms with Gasteiger partial charge in [-0.25, -0.2) is 0 Å². The molecule has 0 aliphatic rings. The summed E-state index contributed by atoms with van der Waals surface area (Å²) in [6, 6.07) is 2.40. The quantitative estimate of drug-likeness (QED) is 0.651. The summed E-state index contributed by atoms with van der Waals surface area (Å²) in [5.74, 6) is 2.07. The highest BCUT2D eigenvalue weighted by Crippen LogP contribution is 1.93. The van der Waals surface area contributed by atoms with Crippen molar-refractivity contribution < 1.29 is 4.79 Å². The minimum Gasteiger partial charge on any atom is -0.339 e. The predicted octanol–water partition coefficient (Wildman–Crippen LogP) is 0.126.